The number of ether oxygens (including phenoxy) is 1. The van der Waals surface area contributed by atoms with E-state index in [4.69, 9.17) is 9.84 Å². The molecule has 0 atom stereocenters. The number of nitrogens with one attached hydrogen (secondary N) is 1. The summed E-state index contributed by atoms with van der Waals surface area (Å²) in [5.41, 5.74) is 3.48. The number of rotatable bonds is 6. The highest BCUT2D eigenvalue weighted by molar-refractivity contribution is 7.98. The molecule has 2 aromatic rings. The van der Waals surface area contributed by atoms with Gasteiger partial charge in [-0.25, -0.2) is 9.97 Å². The minimum Gasteiger partial charge on any atom is -0.487 e. The number of aliphatic hydroxyl groups excluding tert-OH is 1. The smallest absolute Gasteiger partial charge is 0.159 e. The summed E-state index contributed by atoms with van der Waals surface area (Å²) in [6.07, 6.45) is 8.99. The molecule has 0 aliphatic carbocycles. The van der Waals surface area contributed by atoms with Crippen LogP contribution in [-0.2, 0) is 12.2 Å². The number of piperidine rings is 1. The number of aliphatic hydroxyl groups is 1. The number of nitrogens with zero attached hydrogens (tertiary/aromatic N) is 2. The Bertz CT molecular complexity index is 761. The molecular formula is C21H27N3O2S. The number of thioether (sulfide) groups is 1. The van der Waals surface area contributed by atoms with E-state index in [0.29, 0.717) is 0 Å². The van der Waals surface area contributed by atoms with Gasteiger partial charge < -0.3 is 15.2 Å². The zero-order chi connectivity index (χ0) is 18.5. The fraction of sp³-hybridized carbons (Fsp3) is 0.524. The van der Waals surface area contributed by atoms with Gasteiger partial charge in [-0.05, 0) is 80.3 Å². The molecule has 1 fully saturated rings. The highest BCUT2D eigenvalue weighted by Crippen LogP contribution is 2.39. The largest absolute Gasteiger partial charge is 0.487 e. The third kappa shape index (κ3) is 4.45. The molecule has 0 amide bonds. The highest BCUT2D eigenvalue weighted by Gasteiger charge is 2.37. The van der Waals surface area contributed by atoms with Gasteiger partial charge in [0.25, 0.3) is 0 Å². The van der Waals surface area contributed by atoms with Crippen LogP contribution in [0.15, 0.2) is 30.6 Å². The Balaban J connectivity index is 1.43. The van der Waals surface area contributed by atoms with Gasteiger partial charge in [0.2, 0.25) is 0 Å². The second kappa shape index (κ2) is 8.59. The number of fused-ring (bicyclic) bond motifs is 1. The summed E-state index contributed by atoms with van der Waals surface area (Å²) in [5, 5.41) is 12.3. The summed E-state index contributed by atoms with van der Waals surface area (Å²) in [5.74, 6) is 3.64. The van der Waals surface area contributed by atoms with E-state index in [1.54, 1.807) is 11.8 Å². The molecule has 144 valence electrons. The van der Waals surface area contributed by atoms with Gasteiger partial charge in [0.05, 0.1) is 0 Å². The average molecular weight is 386 g/mol. The van der Waals surface area contributed by atoms with Crippen LogP contribution in [0, 0.1) is 0 Å². The van der Waals surface area contributed by atoms with Crippen molar-refractivity contribution < 1.29 is 9.84 Å². The Morgan fingerprint density at radius 3 is 2.74 bits per heavy atom. The maximum absolute atomic E-state index is 8.83. The summed E-state index contributed by atoms with van der Waals surface area (Å²) < 4.78 is 6.43. The maximum Gasteiger partial charge on any atom is 0.159 e. The van der Waals surface area contributed by atoms with Crippen LogP contribution >= 0.6 is 11.8 Å². The van der Waals surface area contributed by atoms with E-state index in [-0.39, 0.29) is 12.2 Å². The van der Waals surface area contributed by atoms with Crippen LogP contribution in [0.4, 0.5) is 0 Å². The topological polar surface area (TPSA) is 67.3 Å². The first-order valence-electron chi connectivity index (χ1n) is 9.81. The lowest BCUT2D eigenvalue weighted by Gasteiger charge is -2.41. The van der Waals surface area contributed by atoms with Crippen molar-refractivity contribution in [3.8, 4) is 17.1 Å². The van der Waals surface area contributed by atoms with Crippen LogP contribution in [0.1, 0.15) is 36.8 Å². The lowest BCUT2D eigenvalue weighted by Crippen LogP contribution is -2.48. The summed E-state index contributed by atoms with van der Waals surface area (Å²) in [4.78, 5) is 9.11. The monoisotopic (exact) mass is 385 g/mol. The number of aromatic nitrogens is 2. The Hall–Kier alpha value is -1.63. The van der Waals surface area contributed by atoms with E-state index >= 15 is 0 Å². The second-order valence-electron chi connectivity index (χ2n) is 7.40. The first kappa shape index (κ1) is 18.7. The molecule has 4 rings (SSSR count). The fourth-order valence-corrected chi connectivity index (χ4v) is 4.69. The highest BCUT2D eigenvalue weighted by atomic mass is 32.2. The standard InChI is InChI=1S/C21H27N3O2S/c25-10-1-11-27-15-16-13-23-20(24-14-16)18-2-3-19-17(12-18)4-5-21(26-19)6-8-22-9-7-21/h2-3,12-14,22,25H,1,4-11,15H2. The minimum atomic E-state index is 0.0333. The number of benzene rings is 1. The van der Waals surface area contributed by atoms with Gasteiger partial charge in [0.1, 0.15) is 11.4 Å². The number of aryl methyl sites for hydroxylation is 1. The zero-order valence-electron chi connectivity index (χ0n) is 15.6. The molecule has 1 aromatic heterocycles. The van der Waals surface area contributed by atoms with Crippen molar-refractivity contribution in [1.82, 2.24) is 15.3 Å². The van der Waals surface area contributed by atoms with Crippen molar-refractivity contribution in [3.05, 3.63) is 41.7 Å². The van der Waals surface area contributed by atoms with Gasteiger partial charge in [0, 0.05) is 30.3 Å². The third-order valence-electron chi connectivity index (χ3n) is 5.43. The van der Waals surface area contributed by atoms with Crippen LogP contribution in [0.2, 0.25) is 0 Å². The fourth-order valence-electron chi connectivity index (χ4n) is 3.83. The zero-order valence-corrected chi connectivity index (χ0v) is 16.4. The average Bonchev–Trinajstić information content (AvgIpc) is 2.72. The van der Waals surface area contributed by atoms with Gasteiger partial charge in [0.15, 0.2) is 5.82 Å². The summed E-state index contributed by atoms with van der Waals surface area (Å²) in [6, 6.07) is 6.35. The van der Waals surface area contributed by atoms with Crippen molar-refractivity contribution in [3.63, 3.8) is 0 Å². The molecule has 5 nitrogen and oxygen atoms in total. The third-order valence-corrected chi connectivity index (χ3v) is 6.55. The Morgan fingerprint density at radius 1 is 1.15 bits per heavy atom. The predicted molar refractivity (Wildman–Crippen MR) is 109 cm³/mol. The van der Waals surface area contributed by atoms with E-state index in [2.05, 4.69) is 33.5 Å². The van der Waals surface area contributed by atoms with E-state index in [1.165, 1.54) is 5.56 Å². The van der Waals surface area contributed by atoms with E-state index in [0.717, 1.165) is 79.4 Å². The van der Waals surface area contributed by atoms with E-state index in [1.807, 2.05) is 12.4 Å². The van der Waals surface area contributed by atoms with Crippen LogP contribution in [0.3, 0.4) is 0 Å². The molecule has 2 N–H and O–H groups in total. The number of hydrogen-bond donors (Lipinski definition) is 2. The quantitative estimate of drug-likeness (QED) is 0.745. The molecule has 1 aromatic carbocycles. The lowest BCUT2D eigenvalue weighted by molar-refractivity contribution is 0.0170. The van der Waals surface area contributed by atoms with Crippen LogP contribution in [0.5, 0.6) is 5.75 Å². The van der Waals surface area contributed by atoms with Crippen LogP contribution in [0.25, 0.3) is 11.4 Å². The SMILES string of the molecule is OCCCSCc1cnc(-c2ccc3c(c2)CCC2(CCNCC2)O3)nc1. The van der Waals surface area contributed by atoms with E-state index in [9.17, 15) is 0 Å². The molecule has 2 aliphatic rings. The summed E-state index contributed by atoms with van der Waals surface area (Å²) >= 11 is 1.80. The Labute approximate surface area is 165 Å². The first-order chi connectivity index (χ1) is 13.3. The molecule has 0 saturated carbocycles. The van der Waals surface area contributed by atoms with Gasteiger partial charge >= 0.3 is 0 Å². The molecular weight excluding hydrogens is 358 g/mol. The molecule has 6 heteroatoms. The molecule has 3 heterocycles. The molecule has 0 radical (unpaired) electrons. The number of hydrogen-bond acceptors (Lipinski definition) is 6. The molecule has 0 unspecified atom stereocenters. The second-order valence-corrected chi connectivity index (χ2v) is 8.51. The van der Waals surface area contributed by atoms with Crippen LogP contribution < -0.4 is 10.1 Å². The molecule has 27 heavy (non-hydrogen) atoms. The maximum atomic E-state index is 8.83. The molecule has 1 spiro atoms. The lowest BCUT2D eigenvalue weighted by atomic mass is 9.83. The van der Waals surface area contributed by atoms with Gasteiger partial charge in [-0.1, -0.05) is 0 Å². The Morgan fingerprint density at radius 2 is 1.96 bits per heavy atom. The minimum absolute atomic E-state index is 0.0333. The van der Waals surface area contributed by atoms with Crippen LogP contribution in [-0.4, -0.2) is 46.1 Å². The normalized spacial score (nSPS) is 18.1. The van der Waals surface area contributed by atoms with Crippen molar-refractivity contribution in [2.45, 2.75) is 43.5 Å². The molecule has 1 saturated heterocycles. The van der Waals surface area contributed by atoms with Gasteiger partial charge in [-0.2, -0.15) is 11.8 Å². The first-order valence-corrected chi connectivity index (χ1v) is 11.0. The van der Waals surface area contributed by atoms with Crippen molar-refractivity contribution in [2.75, 3.05) is 25.4 Å². The van der Waals surface area contributed by atoms with Crippen molar-refractivity contribution in [2.24, 2.45) is 0 Å². The van der Waals surface area contributed by atoms with Crippen molar-refractivity contribution >= 4 is 11.8 Å². The van der Waals surface area contributed by atoms with E-state index < -0.39 is 0 Å². The van der Waals surface area contributed by atoms with Gasteiger partial charge in [-0.3, -0.25) is 0 Å². The summed E-state index contributed by atoms with van der Waals surface area (Å²) in [6.45, 7) is 2.35. The summed E-state index contributed by atoms with van der Waals surface area (Å²) in [7, 11) is 0. The molecule has 2 aliphatic heterocycles. The van der Waals surface area contributed by atoms with Gasteiger partial charge in [-0.15, -0.1) is 0 Å². The molecule has 0 bridgehead atoms. The Kier molecular flexibility index (Phi) is 5.95. The predicted octanol–water partition coefficient (Wildman–Crippen LogP) is 3.21. The van der Waals surface area contributed by atoms with Crippen molar-refractivity contribution in [1.29, 1.82) is 0 Å².